The van der Waals surface area contributed by atoms with Gasteiger partial charge in [-0.15, -0.1) is 0 Å². The fourth-order valence-electron chi connectivity index (χ4n) is 6.21. The van der Waals surface area contributed by atoms with E-state index in [0.29, 0.717) is 22.9 Å². The van der Waals surface area contributed by atoms with Crippen LogP contribution in [0.4, 0.5) is 16.2 Å². The first-order valence-corrected chi connectivity index (χ1v) is 18.0. The van der Waals surface area contributed by atoms with Crippen molar-refractivity contribution in [2.75, 3.05) is 22.7 Å². The Morgan fingerprint density at radius 3 is 2.12 bits per heavy atom. The number of aliphatic carboxylic acids is 1. The molecule has 4 aromatic carbocycles. The zero-order valence-electron chi connectivity index (χ0n) is 27.5. The van der Waals surface area contributed by atoms with E-state index in [1.165, 1.54) is 41.3 Å². The Bertz CT molecular complexity index is 1840. The molecule has 0 saturated heterocycles. The third-order valence-corrected chi connectivity index (χ3v) is 10.7. The number of hydrogen-bond donors (Lipinski definition) is 4. The molecule has 49 heavy (non-hydrogen) atoms. The summed E-state index contributed by atoms with van der Waals surface area (Å²) < 4.78 is 28.5. The fourth-order valence-corrected chi connectivity index (χ4v) is 7.73. The van der Waals surface area contributed by atoms with Crippen LogP contribution in [-0.4, -0.2) is 44.5 Å². The van der Waals surface area contributed by atoms with Crippen LogP contribution < -0.4 is 20.3 Å². The summed E-state index contributed by atoms with van der Waals surface area (Å²) in [5.74, 6) is -0.873. The van der Waals surface area contributed by atoms with Gasteiger partial charge in [-0.1, -0.05) is 79.9 Å². The minimum atomic E-state index is -3.91. The van der Waals surface area contributed by atoms with Crippen molar-refractivity contribution in [1.29, 1.82) is 0 Å². The molecule has 0 heterocycles. The van der Waals surface area contributed by atoms with Crippen molar-refractivity contribution >= 4 is 39.3 Å². The minimum Gasteiger partial charge on any atom is -0.481 e. The van der Waals surface area contributed by atoms with Gasteiger partial charge >= 0.3 is 12.0 Å². The lowest BCUT2D eigenvalue weighted by molar-refractivity contribution is -0.136. The van der Waals surface area contributed by atoms with E-state index >= 15 is 0 Å². The zero-order chi connectivity index (χ0) is 34.8. The average molecular weight is 683 g/mol. The van der Waals surface area contributed by atoms with Crippen LogP contribution in [0.15, 0.2) is 108 Å². The highest BCUT2D eigenvalue weighted by Gasteiger charge is 2.25. The number of anilines is 2. The Balaban J connectivity index is 1.36. The van der Waals surface area contributed by atoms with E-state index in [4.69, 9.17) is 5.11 Å². The van der Waals surface area contributed by atoms with E-state index in [1.54, 1.807) is 67.6 Å². The molecule has 1 atom stereocenters. The van der Waals surface area contributed by atoms with Crippen molar-refractivity contribution in [2.24, 2.45) is 0 Å². The van der Waals surface area contributed by atoms with E-state index < -0.39 is 34.0 Å². The molecule has 1 fully saturated rings. The number of para-hydroxylation sites is 1. The van der Waals surface area contributed by atoms with Gasteiger partial charge in [0.25, 0.3) is 15.9 Å². The van der Waals surface area contributed by atoms with Gasteiger partial charge in [0.05, 0.1) is 23.0 Å². The van der Waals surface area contributed by atoms with E-state index in [2.05, 4.69) is 28.1 Å². The number of sulfonamides is 1. The van der Waals surface area contributed by atoms with Gasteiger partial charge < -0.3 is 21.1 Å². The van der Waals surface area contributed by atoms with Gasteiger partial charge in [0, 0.05) is 24.3 Å². The van der Waals surface area contributed by atoms with Crippen LogP contribution in [-0.2, 0) is 14.8 Å². The Morgan fingerprint density at radius 2 is 1.49 bits per heavy atom. The SMILES string of the molecule is CCN(c1ccccc1)S(=O)(=O)c1cccc(NC(=O)NC(c2ccc(C(=O)NCCC(=O)O)cc2)c2ccc(C3CCCCC3)cc2)c1. The highest BCUT2D eigenvalue weighted by molar-refractivity contribution is 7.92. The summed E-state index contributed by atoms with van der Waals surface area (Å²) in [6.07, 6.45) is 5.85. The maximum absolute atomic E-state index is 13.6. The predicted molar refractivity (Wildman–Crippen MR) is 190 cm³/mol. The van der Waals surface area contributed by atoms with Gasteiger partial charge in [0.15, 0.2) is 0 Å². The largest absolute Gasteiger partial charge is 0.481 e. The molecule has 4 N–H and O–H groups in total. The Labute approximate surface area is 287 Å². The normalized spacial score (nSPS) is 14.0. The van der Waals surface area contributed by atoms with Crippen molar-refractivity contribution in [3.63, 3.8) is 0 Å². The monoisotopic (exact) mass is 682 g/mol. The number of hydrogen-bond acceptors (Lipinski definition) is 5. The molecule has 3 amide bonds. The molecule has 1 saturated carbocycles. The molecular weight excluding hydrogens is 641 g/mol. The third kappa shape index (κ3) is 9.05. The lowest BCUT2D eigenvalue weighted by atomic mass is 9.83. The maximum Gasteiger partial charge on any atom is 0.319 e. The number of nitrogens with one attached hydrogen (secondary N) is 3. The summed E-state index contributed by atoms with van der Waals surface area (Å²) in [6.45, 7) is 2.01. The zero-order valence-corrected chi connectivity index (χ0v) is 28.3. The number of carbonyl (C=O) groups excluding carboxylic acids is 2. The first kappa shape index (κ1) is 35.2. The average Bonchev–Trinajstić information content (AvgIpc) is 3.12. The lowest BCUT2D eigenvalue weighted by Gasteiger charge is -2.24. The molecule has 1 aliphatic carbocycles. The molecular formula is C38H42N4O6S. The molecule has 0 aromatic heterocycles. The number of nitrogens with zero attached hydrogens (tertiary/aromatic N) is 1. The second-order valence-corrected chi connectivity index (χ2v) is 14.0. The van der Waals surface area contributed by atoms with Crippen LogP contribution in [0.25, 0.3) is 0 Å². The molecule has 0 aliphatic heterocycles. The Kier molecular flexibility index (Phi) is 11.7. The molecule has 5 rings (SSSR count). The van der Waals surface area contributed by atoms with Gasteiger partial charge in [0.1, 0.15) is 0 Å². The molecule has 1 aliphatic rings. The first-order chi connectivity index (χ1) is 23.7. The van der Waals surface area contributed by atoms with Crippen molar-refractivity contribution in [1.82, 2.24) is 10.6 Å². The predicted octanol–water partition coefficient (Wildman–Crippen LogP) is 7.07. The number of benzene rings is 4. The molecule has 0 spiro atoms. The van der Waals surface area contributed by atoms with Crippen molar-refractivity contribution in [3.8, 4) is 0 Å². The highest BCUT2D eigenvalue weighted by Crippen LogP contribution is 2.34. The number of urea groups is 1. The number of carboxylic acids is 1. The van der Waals surface area contributed by atoms with Crippen LogP contribution in [0.1, 0.15) is 84.5 Å². The molecule has 10 nitrogen and oxygen atoms in total. The molecule has 0 bridgehead atoms. The Hall–Kier alpha value is -5.16. The standard InChI is InChI=1S/C38H42N4O6S/c1-2-42(33-13-7-4-8-14-33)49(47,48)34-15-9-12-32(26-34)40-38(46)41-36(29-18-16-28(17-19-29)27-10-5-3-6-11-27)30-20-22-31(23-21-30)37(45)39-25-24-35(43)44/h4,7-9,12-23,26-27,36H,2-3,5-6,10-11,24-25H2,1H3,(H,39,45)(H,43,44)(H2,40,41,46). The van der Waals surface area contributed by atoms with Gasteiger partial charge in [-0.2, -0.15) is 0 Å². The van der Waals surface area contributed by atoms with Gasteiger partial charge in [-0.3, -0.25) is 13.9 Å². The summed E-state index contributed by atoms with van der Waals surface area (Å²) in [6, 6.07) is 28.9. The van der Waals surface area contributed by atoms with E-state index in [1.807, 2.05) is 18.2 Å². The highest BCUT2D eigenvalue weighted by atomic mass is 32.2. The van der Waals surface area contributed by atoms with E-state index in [-0.39, 0.29) is 24.4 Å². The van der Waals surface area contributed by atoms with Gasteiger partial charge in [-0.05, 0) is 84.8 Å². The minimum absolute atomic E-state index is 0.0127. The van der Waals surface area contributed by atoms with Crippen LogP contribution >= 0.6 is 0 Å². The smallest absolute Gasteiger partial charge is 0.319 e. The van der Waals surface area contributed by atoms with Crippen LogP contribution in [0.2, 0.25) is 0 Å². The van der Waals surface area contributed by atoms with E-state index in [9.17, 15) is 22.8 Å². The first-order valence-electron chi connectivity index (χ1n) is 16.6. The molecule has 0 radical (unpaired) electrons. The fraction of sp³-hybridized carbons (Fsp3) is 0.289. The maximum atomic E-state index is 13.6. The summed E-state index contributed by atoms with van der Waals surface area (Å²) in [5.41, 5.74) is 4.05. The number of rotatable bonds is 13. The van der Waals surface area contributed by atoms with E-state index in [0.717, 1.165) is 24.0 Å². The third-order valence-electron chi connectivity index (χ3n) is 8.76. The molecule has 4 aromatic rings. The second kappa shape index (κ2) is 16.3. The Morgan fingerprint density at radius 1 is 0.837 bits per heavy atom. The summed E-state index contributed by atoms with van der Waals surface area (Å²) in [7, 11) is -3.91. The van der Waals surface area contributed by atoms with Crippen LogP contribution in [0.3, 0.4) is 0 Å². The van der Waals surface area contributed by atoms with Gasteiger partial charge in [-0.25, -0.2) is 13.2 Å². The quantitative estimate of drug-likeness (QED) is 0.119. The van der Waals surface area contributed by atoms with Crippen molar-refractivity contribution in [3.05, 3.63) is 125 Å². The molecule has 1 unspecified atom stereocenters. The van der Waals surface area contributed by atoms with Crippen LogP contribution in [0, 0.1) is 0 Å². The van der Waals surface area contributed by atoms with Gasteiger partial charge in [0.2, 0.25) is 0 Å². The summed E-state index contributed by atoms with van der Waals surface area (Å²) >= 11 is 0. The lowest BCUT2D eigenvalue weighted by Crippen LogP contribution is -2.33. The van der Waals surface area contributed by atoms with Crippen LogP contribution in [0.5, 0.6) is 0 Å². The summed E-state index contributed by atoms with van der Waals surface area (Å²) in [4.78, 5) is 36.9. The van der Waals surface area contributed by atoms with Crippen molar-refractivity contribution in [2.45, 2.75) is 62.3 Å². The molecule has 256 valence electrons. The topological polar surface area (TPSA) is 145 Å². The van der Waals surface area contributed by atoms with Crippen molar-refractivity contribution < 1.29 is 27.9 Å². The summed E-state index contributed by atoms with van der Waals surface area (Å²) in [5, 5.41) is 17.3. The number of amides is 3. The second-order valence-electron chi connectivity index (χ2n) is 12.1. The molecule has 11 heteroatoms. The number of carbonyl (C=O) groups is 3. The number of carboxylic acid groups (broad SMARTS) is 1.